The zero-order chi connectivity index (χ0) is 18.6. The average molecular weight is 434 g/mol. The van der Waals surface area contributed by atoms with E-state index in [1.807, 2.05) is 12.1 Å². The second-order valence-electron chi connectivity index (χ2n) is 6.37. The van der Waals surface area contributed by atoms with Crippen LogP contribution in [0.25, 0.3) is 0 Å². The highest BCUT2D eigenvalue weighted by Crippen LogP contribution is 2.38. The molecule has 1 atom stereocenters. The minimum atomic E-state index is -0.254. The molecular weight excluding hydrogens is 414 g/mol. The maximum atomic E-state index is 12.8. The van der Waals surface area contributed by atoms with E-state index in [2.05, 4.69) is 21.2 Å². The number of anilines is 1. The Bertz CT molecular complexity index is 835. The van der Waals surface area contributed by atoms with Crippen molar-refractivity contribution in [3.05, 3.63) is 46.4 Å². The van der Waals surface area contributed by atoms with E-state index in [1.165, 1.54) is 0 Å². The Morgan fingerprint density at radius 2 is 1.93 bits per heavy atom. The van der Waals surface area contributed by atoms with Gasteiger partial charge in [0.05, 0.1) is 17.4 Å². The summed E-state index contributed by atoms with van der Waals surface area (Å²) in [5.41, 5.74) is 1.08. The van der Waals surface area contributed by atoms with Crippen molar-refractivity contribution < 1.29 is 23.7 Å². The summed E-state index contributed by atoms with van der Waals surface area (Å²) in [6.07, 6.45) is 2.13. The Kier molecular flexibility index (Phi) is 5.50. The van der Waals surface area contributed by atoms with Gasteiger partial charge in [-0.1, -0.05) is 12.1 Å². The van der Waals surface area contributed by atoms with Gasteiger partial charge in [0.1, 0.15) is 25.6 Å². The minimum Gasteiger partial charge on any atom is -0.490 e. The lowest BCUT2D eigenvalue weighted by atomic mass is 10.1. The van der Waals surface area contributed by atoms with Crippen LogP contribution in [-0.2, 0) is 4.74 Å². The fourth-order valence-electron chi connectivity index (χ4n) is 3.09. The van der Waals surface area contributed by atoms with Crippen molar-refractivity contribution in [1.82, 2.24) is 0 Å². The van der Waals surface area contributed by atoms with Gasteiger partial charge in [-0.3, -0.25) is 4.79 Å². The highest BCUT2D eigenvalue weighted by Gasteiger charge is 2.20. The molecule has 2 aliphatic heterocycles. The van der Waals surface area contributed by atoms with Crippen LogP contribution in [0.2, 0.25) is 0 Å². The van der Waals surface area contributed by atoms with Crippen molar-refractivity contribution in [3.63, 3.8) is 0 Å². The van der Waals surface area contributed by atoms with Gasteiger partial charge >= 0.3 is 0 Å². The number of nitrogens with one attached hydrogen (secondary N) is 1. The number of ether oxygens (including phenoxy) is 4. The number of hydrogen-bond donors (Lipinski definition) is 1. The van der Waals surface area contributed by atoms with E-state index in [9.17, 15) is 4.79 Å². The molecule has 1 N–H and O–H groups in total. The normalized spacial score (nSPS) is 18.2. The monoisotopic (exact) mass is 433 g/mol. The van der Waals surface area contributed by atoms with Crippen LogP contribution >= 0.6 is 15.9 Å². The maximum Gasteiger partial charge on any atom is 0.259 e. The Morgan fingerprint density at radius 3 is 2.70 bits per heavy atom. The summed E-state index contributed by atoms with van der Waals surface area (Å²) in [4.78, 5) is 12.8. The van der Waals surface area contributed by atoms with E-state index in [0.29, 0.717) is 48.3 Å². The number of benzene rings is 2. The third-order valence-corrected chi connectivity index (χ3v) is 5.12. The van der Waals surface area contributed by atoms with Crippen LogP contribution in [0.1, 0.15) is 23.2 Å². The van der Waals surface area contributed by atoms with Gasteiger partial charge in [0, 0.05) is 23.2 Å². The number of para-hydroxylation sites is 1. The lowest BCUT2D eigenvalue weighted by Gasteiger charge is -2.20. The molecule has 2 aromatic carbocycles. The fraction of sp³-hybridized carbons (Fsp3) is 0.350. The smallest absolute Gasteiger partial charge is 0.259 e. The van der Waals surface area contributed by atoms with E-state index >= 15 is 0 Å². The van der Waals surface area contributed by atoms with Crippen LogP contribution in [0.3, 0.4) is 0 Å². The molecule has 1 fully saturated rings. The van der Waals surface area contributed by atoms with Crippen LogP contribution in [0.4, 0.5) is 5.69 Å². The van der Waals surface area contributed by atoms with Crippen LogP contribution < -0.4 is 19.5 Å². The Balaban J connectivity index is 1.50. The molecule has 7 heteroatoms. The van der Waals surface area contributed by atoms with Crippen molar-refractivity contribution in [2.45, 2.75) is 18.9 Å². The van der Waals surface area contributed by atoms with Crippen LogP contribution in [0.15, 0.2) is 40.9 Å². The molecule has 142 valence electrons. The molecule has 0 saturated carbocycles. The molecule has 1 saturated heterocycles. The number of fused-ring (bicyclic) bond motifs is 1. The van der Waals surface area contributed by atoms with E-state index in [1.54, 1.807) is 24.3 Å². The first-order chi connectivity index (χ1) is 13.2. The summed E-state index contributed by atoms with van der Waals surface area (Å²) in [5.74, 6) is 1.56. The van der Waals surface area contributed by atoms with E-state index in [-0.39, 0.29) is 12.0 Å². The molecule has 27 heavy (non-hydrogen) atoms. The second-order valence-corrected chi connectivity index (χ2v) is 7.23. The molecule has 4 rings (SSSR count). The van der Waals surface area contributed by atoms with Gasteiger partial charge in [0.25, 0.3) is 5.91 Å². The van der Waals surface area contributed by atoms with Gasteiger partial charge in [0.15, 0.2) is 11.5 Å². The lowest BCUT2D eigenvalue weighted by Crippen LogP contribution is -2.19. The van der Waals surface area contributed by atoms with E-state index in [4.69, 9.17) is 18.9 Å². The Morgan fingerprint density at radius 1 is 1.15 bits per heavy atom. The van der Waals surface area contributed by atoms with E-state index in [0.717, 1.165) is 23.9 Å². The van der Waals surface area contributed by atoms with Crippen molar-refractivity contribution in [2.75, 3.05) is 31.7 Å². The minimum absolute atomic E-state index is 0.0908. The van der Waals surface area contributed by atoms with Crippen molar-refractivity contribution in [1.29, 1.82) is 0 Å². The summed E-state index contributed by atoms with van der Waals surface area (Å²) in [6.45, 7) is 2.22. The van der Waals surface area contributed by atoms with Gasteiger partial charge in [-0.2, -0.15) is 0 Å². The highest BCUT2D eigenvalue weighted by atomic mass is 79.9. The summed E-state index contributed by atoms with van der Waals surface area (Å²) in [7, 11) is 0. The summed E-state index contributed by atoms with van der Waals surface area (Å²) in [6, 6.07) is 10.7. The molecule has 0 bridgehead atoms. The zero-order valence-electron chi connectivity index (χ0n) is 14.7. The molecule has 0 radical (unpaired) electrons. The molecule has 2 aliphatic rings. The predicted octanol–water partition coefficient (Wildman–Crippen LogP) is 4.03. The number of carbonyl (C=O) groups is 1. The first-order valence-corrected chi connectivity index (χ1v) is 9.74. The van der Waals surface area contributed by atoms with Gasteiger partial charge < -0.3 is 24.3 Å². The van der Waals surface area contributed by atoms with Crippen molar-refractivity contribution in [2.24, 2.45) is 0 Å². The molecule has 0 spiro atoms. The number of halogens is 1. The zero-order valence-corrected chi connectivity index (χ0v) is 16.3. The van der Waals surface area contributed by atoms with Gasteiger partial charge in [0.2, 0.25) is 0 Å². The van der Waals surface area contributed by atoms with Gasteiger partial charge in [-0.15, -0.1) is 0 Å². The van der Waals surface area contributed by atoms with Crippen LogP contribution in [-0.4, -0.2) is 38.4 Å². The molecular formula is C20H20BrNO5. The summed E-state index contributed by atoms with van der Waals surface area (Å²) >= 11 is 3.47. The molecule has 0 aromatic heterocycles. The number of rotatable bonds is 5. The lowest BCUT2D eigenvalue weighted by molar-refractivity contribution is 0.0673. The summed E-state index contributed by atoms with van der Waals surface area (Å²) < 4.78 is 23.3. The molecule has 2 aromatic rings. The average Bonchev–Trinajstić information content (AvgIpc) is 3.21. The van der Waals surface area contributed by atoms with E-state index < -0.39 is 0 Å². The molecule has 2 heterocycles. The Labute approximate surface area is 165 Å². The quantitative estimate of drug-likeness (QED) is 0.770. The van der Waals surface area contributed by atoms with Crippen molar-refractivity contribution in [3.8, 4) is 17.2 Å². The first-order valence-electron chi connectivity index (χ1n) is 8.94. The van der Waals surface area contributed by atoms with Crippen LogP contribution in [0.5, 0.6) is 17.2 Å². The van der Waals surface area contributed by atoms with Gasteiger partial charge in [-0.25, -0.2) is 0 Å². The molecule has 6 nitrogen and oxygen atoms in total. The number of carbonyl (C=O) groups excluding carboxylic acids is 1. The standard InChI is InChI=1S/C20H20BrNO5/c21-15-10-18-19(26-9-8-25-18)11-16(15)22-20(23)14-5-1-2-6-17(14)27-12-13-4-3-7-24-13/h1-2,5-6,10-11,13H,3-4,7-9,12H2,(H,22,23)/t13-/m1/s1. The number of hydrogen-bond acceptors (Lipinski definition) is 5. The molecule has 0 unspecified atom stereocenters. The topological polar surface area (TPSA) is 66.0 Å². The Hall–Kier alpha value is -2.25. The second kappa shape index (κ2) is 8.19. The van der Waals surface area contributed by atoms with Gasteiger partial charge in [-0.05, 0) is 40.9 Å². The molecule has 0 aliphatic carbocycles. The highest BCUT2D eigenvalue weighted by molar-refractivity contribution is 9.10. The third-order valence-electron chi connectivity index (χ3n) is 4.46. The summed E-state index contributed by atoms with van der Waals surface area (Å²) in [5, 5.41) is 2.91. The first kappa shape index (κ1) is 18.1. The third kappa shape index (κ3) is 4.20. The van der Waals surface area contributed by atoms with Crippen LogP contribution in [0, 0.1) is 0 Å². The SMILES string of the molecule is O=C(Nc1cc2c(cc1Br)OCCO2)c1ccccc1OC[C@H]1CCCO1. The molecule has 1 amide bonds. The maximum absolute atomic E-state index is 12.8. The van der Waals surface area contributed by atoms with Crippen molar-refractivity contribution >= 4 is 27.5 Å². The predicted molar refractivity (Wildman–Crippen MR) is 104 cm³/mol. The largest absolute Gasteiger partial charge is 0.490 e. The number of amides is 1. The fourth-order valence-corrected chi connectivity index (χ4v) is 3.51.